The maximum atomic E-state index is 6.26. The highest BCUT2D eigenvalue weighted by Gasteiger charge is 2.14. The second kappa shape index (κ2) is 7.63. The minimum absolute atomic E-state index is 0.301. The fraction of sp³-hybridized carbons (Fsp3) is 0.400. The number of hydrogen-bond acceptors (Lipinski definition) is 3. The quantitative estimate of drug-likeness (QED) is 0.815. The number of rotatable bonds is 7. The number of nitrogens with one attached hydrogen (secondary N) is 1. The molecule has 4 heteroatoms. The average molecular weight is 295 g/mol. The summed E-state index contributed by atoms with van der Waals surface area (Å²) >= 11 is 8.01. The fourth-order valence-corrected chi connectivity index (χ4v) is 3.05. The zero-order valence-electron chi connectivity index (χ0n) is 11.1. The topological polar surface area (TPSA) is 24.9 Å². The van der Waals surface area contributed by atoms with E-state index in [9.17, 15) is 0 Å². The molecule has 2 heterocycles. The summed E-state index contributed by atoms with van der Waals surface area (Å²) in [5.41, 5.74) is 2.55. The first-order valence-electron chi connectivity index (χ1n) is 6.65. The normalized spacial score (nSPS) is 12.5. The third-order valence-corrected chi connectivity index (χ3v) is 4.17. The molecule has 1 unspecified atom stereocenters. The molecule has 0 fully saturated rings. The monoisotopic (exact) mass is 294 g/mol. The Morgan fingerprint density at radius 1 is 1.42 bits per heavy atom. The third-order valence-electron chi connectivity index (χ3n) is 3.12. The van der Waals surface area contributed by atoms with E-state index in [0.717, 1.165) is 36.4 Å². The first-order chi connectivity index (χ1) is 9.31. The van der Waals surface area contributed by atoms with Crippen LogP contribution in [0.3, 0.4) is 0 Å². The Labute approximate surface area is 123 Å². The summed E-state index contributed by atoms with van der Waals surface area (Å²) in [5.74, 6) is 0. The largest absolute Gasteiger partial charge is 0.310 e. The van der Waals surface area contributed by atoms with Crippen molar-refractivity contribution in [1.82, 2.24) is 10.3 Å². The summed E-state index contributed by atoms with van der Waals surface area (Å²) in [7, 11) is 0. The smallest absolute Gasteiger partial charge is 0.0637 e. The molecule has 0 bridgehead atoms. The average Bonchev–Trinajstić information content (AvgIpc) is 2.93. The number of thiophene rings is 1. The van der Waals surface area contributed by atoms with Gasteiger partial charge in [0.25, 0.3) is 0 Å². The van der Waals surface area contributed by atoms with E-state index in [-0.39, 0.29) is 0 Å². The Morgan fingerprint density at radius 3 is 3.00 bits per heavy atom. The lowest BCUT2D eigenvalue weighted by Gasteiger charge is -2.19. The second-order valence-corrected chi connectivity index (χ2v) is 5.76. The van der Waals surface area contributed by atoms with Gasteiger partial charge in [-0.25, -0.2) is 0 Å². The van der Waals surface area contributed by atoms with E-state index in [1.165, 1.54) is 5.56 Å². The lowest BCUT2D eigenvalue weighted by Crippen LogP contribution is -2.23. The molecule has 0 saturated carbocycles. The predicted molar refractivity (Wildman–Crippen MR) is 82.9 cm³/mol. The molecule has 1 N–H and O–H groups in total. The summed E-state index contributed by atoms with van der Waals surface area (Å²) in [6.07, 6.45) is 6.79. The number of aryl methyl sites for hydroxylation is 1. The van der Waals surface area contributed by atoms with Gasteiger partial charge in [-0.2, -0.15) is 11.3 Å². The van der Waals surface area contributed by atoms with E-state index < -0.39 is 0 Å². The first-order valence-corrected chi connectivity index (χ1v) is 7.97. The lowest BCUT2D eigenvalue weighted by molar-refractivity contribution is 0.499. The van der Waals surface area contributed by atoms with Gasteiger partial charge in [0.2, 0.25) is 0 Å². The molecule has 0 saturated heterocycles. The van der Waals surface area contributed by atoms with Crippen LogP contribution in [-0.2, 0) is 6.42 Å². The number of hydrogen-bond donors (Lipinski definition) is 1. The van der Waals surface area contributed by atoms with Crippen molar-refractivity contribution < 1.29 is 0 Å². The van der Waals surface area contributed by atoms with Gasteiger partial charge in [-0.3, -0.25) is 4.98 Å². The molecule has 19 heavy (non-hydrogen) atoms. The van der Waals surface area contributed by atoms with Gasteiger partial charge in [0.1, 0.15) is 0 Å². The highest BCUT2D eigenvalue weighted by atomic mass is 35.5. The highest BCUT2D eigenvalue weighted by molar-refractivity contribution is 7.07. The van der Waals surface area contributed by atoms with Crippen LogP contribution in [0.4, 0.5) is 0 Å². The van der Waals surface area contributed by atoms with Crippen LogP contribution in [0.1, 0.15) is 36.9 Å². The molecule has 2 aromatic heterocycles. The standard InChI is InChI=1S/C15H19ClN2S/c1-2-7-18-15(4-3-12-6-9-19-11-12)13-5-8-17-10-14(13)16/h5-6,8-11,15,18H,2-4,7H2,1H3. The molecular weight excluding hydrogens is 276 g/mol. The molecule has 0 aliphatic heterocycles. The van der Waals surface area contributed by atoms with E-state index >= 15 is 0 Å². The van der Waals surface area contributed by atoms with E-state index in [4.69, 9.17) is 11.6 Å². The molecule has 0 aliphatic carbocycles. The van der Waals surface area contributed by atoms with E-state index in [2.05, 4.69) is 34.1 Å². The SMILES string of the molecule is CCCNC(CCc1ccsc1)c1ccncc1Cl. The molecule has 0 radical (unpaired) electrons. The summed E-state index contributed by atoms with van der Waals surface area (Å²) in [6, 6.07) is 4.51. The van der Waals surface area contributed by atoms with E-state index in [1.807, 2.05) is 12.3 Å². The van der Waals surface area contributed by atoms with Crippen molar-refractivity contribution in [3.05, 3.63) is 51.4 Å². The van der Waals surface area contributed by atoms with Crippen molar-refractivity contribution in [2.45, 2.75) is 32.2 Å². The molecule has 0 aromatic carbocycles. The maximum absolute atomic E-state index is 6.26. The third kappa shape index (κ3) is 4.30. The van der Waals surface area contributed by atoms with Crippen LogP contribution in [0.25, 0.3) is 0 Å². The Bertz CT molecular complexity index is 485. The first kappa shape index (κ1) is 14.5. The van der Waals surface area contributed by atoms with Gasteiger partial charge in [-0.05, 0) is 59.8 Å². The lowest BCUT2D eigenvalue weighted by atomic mass is 10.0. The summed E-state index contributed by atoms with van der Waals surface area (Å²) in [5, 5.41) is 8.67. The molecule has 0 aliphatic rings. The molecule has 2 aromatic rings. The number of pyridine rings is 1. The highest BCUT2D eigenvalue weighted by Crippen LogP contribution is 2.26. The molecule has 2 rings (SSSR count). The van der Waals surface area contributed by atoms with Gasteiger partial charge >= 0.3 is 0 Å². The number of halogens is 1. The predicted octanol–water partition coefficient (Wildman–Crippen LogP) is 4.47. The van der Waals surface area contributed by atoms with Crippen LogP contribution in [0.5, 0.6) is 0 Å². The maximum Gasteiger partial charge on any atom is 0.0637 e. The van der Waals surface area contributed by atoms with Gasteiger partial charge in [0.05, 0.1) is 5.02 Å². The number of nitrogens with zero attached hydrogens (tertiary/aromatic N) is 1. The van der Waals surface area contributed by atoms with Crippen LogP contribution in [0.15, 0.2) is 35.3 Å². The van der Waals surface area contributed by atoms with Gasteiger partial charge in [-0.1, -0.05) is 18.5 Å². The van der Waals surface area contributed by atoms with E-state index in [1.54, 1.807) is 17.5 Å². The molecule has 102 valence electrons. The number of aromatic nitrogens is 1. The molecule has 1 atom stereocenters. The molecule has 0 amide bonds. The summed E-state index contributed by atoms with van der Waals surface area (Å²) < 4.78 is 0. The zero-order chi connectivity index (χ0) is 13.5. The Morgan fingerprint density at radius 2 is 2.32 bits per heavy atom. The van der Waals surface area contributed by atoms with Crippen LogP contribution < -0.4 is 5.32 Å². The Kier molecular flexibility index (Phi) is 5.83. The minimum Gasteiger partial charge on any atom is -0.310 e. The van der Waals surface area contributed by atoms with Crippen molar-refractivity contribution in [3.8, 4) is 0 Å². The summed E-state index contributed by atoms with van der Waals surface area (Å²) in [4.78, 5) is 4.06. The van der Waals surface area contributed by atoms with Crippen molar-refractivity contribution in [3.63, 3.8) is 0 Å². The fourth-order valence-electron chi connectivity index (χ4n) is 2.10. The summed E-state index contributed by atoms with van der Waals surface area (Å²) in [6.45, 7) is 3.18. The zero-order valence-corrected chi connectivity index (χ0v) is 12.7. The van der Waals surface area contributed by atoms with Crippen molar-refractivity contribution in [2.24, 2.45) is 0 Å². The van der Waals surface area contributed by atoms with Crippen molar-refractivity contribution in [1.29, 1.82) is 0 Å². The molecular formula is C15H19ClN2S. The van der Waals surface area contributed by atoms with Crippen LogP contribution in [0.2, 0.25) is 5.02 Å². The van der Waals surface area contributed by atoms with Crippen LogP contribution in [-0.4, -0.2) is 11.5 Å². The van der Waals surface area contributed by atoms with Crippen LogP contribution in [0, 0.1) is 0 Å². The Balaban J connectivity index is 2.05. The molecule has 2 nitrogen and oxygen atoms in total. The van der Waals surface area contributed by atoms with Crippen molar-refractivity contribution in [2.75, 3.05) is 6.54 Å². The van der Waals surface area contributed by atoms with E-state index in [0.29, 0.717) is 6.04 Å². The van der Waals surface area contributed by atoms with Gasteiger partial charge in [0, 0.05) is 18.4 Å². The van der Waals surface area contributed by atoms with Gasteiger partial charge < -0.3 is 5.32 Å². The molecule has 0 spiro atoms. The van der Waals surface area contributed by atoms with Gasteiger partial charge in [0.15, 0.2) is 0 Å². The van der Waals surface area contributed by atoms with Crippen molar-refractivity contribution >= 4 is 22.9 Å². The second-order valence-electron chi connectivity index (χ2n) is 4.57. The Hall–Kier alpha value is -0.900. The van der Waals surface area contributed by atoms with Gasteiger partial charge in [-0.15, -0.1) is 0 Å². The van der Waals surface area contributed by atoms with Crippen LogP contribution >= 0.6 is 22.9 Å². The minimum atomic E-state index is 0.301.